The van der Waals surface area contributed by atoms with E-state index in [9.17, 15) is 0 Å². The monoisotopic (exact) mass is 396 g/mol. The van der Waals surface area contributed by atoms with Gasteiger partial charge in [0.2, 0.25) is 0 Å². The molecule has 0 N–H and O–H groups in total. The highest BCUT2D eigenvalue weighted by molar-refractivity contribution is 9.11. The Balaban J connectivity index is 2.40. The summed E-state index contributed by atoms with van der Waals surface area (Å²) in [6.45, 7) is 0. The normalized spacial score (nSPS) is 11.9. The van der Waals surface area contributed by atoms with Gasteiger partial charge in [0, 0.05) is 29.1 Å². The highest BCUT2D eigenvalue weighted by Gasteiger charge is 2.11. The van der Waals surface area contributed by atoms with Crippen molar-refractivity contribution >= 4 is 85.5 Å². The fourth-order valence-corrected chi connectivity index (χ4v) is 5.48. The fourth-order valence-electron chi connectivity index (χ4n) is 2.40. The Labute approximate surface area is 128 Å². The van der Waals surface area contributed by atoms with E-state index < -0.39 is 0 Å². The molecule has 0 spiro atoms. The Bertz CT molecular complexity index is 826. The Morgan fingerprint density at radius 1 is 0.667 bits per heavy atom. The van der Waals surface area contributed by atoms with Crippen LogP contribution < -0.4 is 0 Å². The van der Waals surface area contributed by atoms with Gasteiger partial charge in [0.1, 0.15) is 0 Å². The Morgan fingerprint density at radius 2 is 1.11 bits per heavy atom. The lowest BCUT2D eigenvalue weighted by atomic mass is 10.0. The molecular weight excluding hydrogens is 392 g/mol. The molecule has 4 rings (SSSR count). The molecule has 0 aliphatic heterocycles. The van der Waals surface area contributed by atoms with Crippen molar-refractivity contribution < 1.29 is 0 Å². The zero-order chi connectivity index (χ0) is 12.3. The molecule has 0 amide bonds. The Kier molecular flexibility index (Phi) is 2.56. The third-order valence-electron chi connectivity index (χ3n) is 3.18. The molecule has 2 aromatic heterocycles. The molecule has 0 nitrogen and oxygen atoms in total. The molecular formula is C14H6Br2S2. The van der Waals surface area contributed by atoms with Crippen molar-refractivity contribution in [3.63, 3.8) is 0 Å². The molecule has 0 saturated heterocycles. The second-order valence-electron chi connectivity index (χ2n) is 4.14. The van der Waals surface area contributed by atoms with Crippen LogP contribution in [0.2, 0.25) is 0 Å². The number of benzene rings is 2. The molecule has 0 aliphatic carbocycles. The molecule has 0 atom stereocenters. The topological polar surface area (TPSA) is 0 Å². The summed E-state index contributed by atoms with van der Waals surface area (Å²) in [5.41, 5.74) is 0. The van der Waals surface area contributed by atoms with Gasteiger partial charge in [0.05, 0.1) is 0 Å². The van der Waals surface area contributed by atoms with Crippen molar-refractivity contribution in [1.29, 1.82) is 0 Å². The van der Waals surface area contributed by atoms with Gasteiger partial charge >= 0.3 is 0 Å². The minimum absolute atomic E-state index is 1.19. The molecule has 4 aromatic rings. The zero-order valence-corrected chi connectivity index (χ0v) is 13.8. The first-order chi connectivity index (χ1) is 8.75. The average Bonchev–Trinajstić information content (AvgIpc) is 2.98. The lowest BCUT2D eigenvalue weighted by Crippen LogP contribution is -1.78. The van der Waals surface area contributed by atoms with Gasteiger partial charge in [-0.2, -0.15) is 0 Å². The molecule has 4 heteroatoms. The highest BCUT2D eigenvalue weighted by atomic mass is 79.9. The van der Waals surface area contributed by atoms with Crippen LogP contribution in [0, 0.1) is 0 Å². The number of fused-ring (bicyclic) bond motifs is 5. The van der Waals surface area contributed by atoms with Crippen LogP contribution >= 0.6 is 54.5 Å². The maximum Gasteiger partial charge on any atom is 0.0491 e. The van der Waals surface area contributed by atoms with E-state index in [1.807, 2.05) is 0 Å². The number of halogens is 2. The van der Waals surface area contributed by atoms with Crippen LogP contribution in [0.15, 0.2) is 44.0 Å². The van der Waals surface area contributed by atoms with Crippen molar-refractivity contribution in [2.24, 2.45) is 0 Å². The van der Waals surface area contributed by atoms with Crippen LogP contribution in [0.4, 0.5) is 0 Å². The van der Waals surface area contributed by atoms with Crippen LogP contribution in [-0.4, -0.2) is 0 Å². The van der Waals surface area contributed by atoms with Crippen LogP contribution in [-0.2, 0) is 0 Å². The molecule has 0 bridgehead atoms. The maximum atomic E-state index is 3.69. The summed E-state index contributed by atoms with van der Waals surface area (Å²) in [7, 11) is 0. The van der Waals surface area contributed by atoms with Crippen molar-refractivity contribution in [2.75, 3.05) is 0 Å². The minimum atomic E-state index is 1.19. The molecule has 88 valence electrons. The quantitative estimate of drug-likeness (QED) is 0.306. The number of rotatable bonds is 0. The van der Waals surface area contributed by atoms with Gasteiger partial charge in [0.25, 0.3) is 0 Å². The van der Waals surface area contributed by atoms with E-state index in [0.717, 1.165) is 0 Å². The van der Waals surface area contributed by atoms with Crippen molar-refractivity contribution in [3.05, 3.63) is 44.0 Å². The predicted octanol–water partition coefficient (Wildman–Crippen LogP) is 6.79. The van der Waals surface area contributed by atoms with Crippen molar-refractivity contribution in [3.8, 4) is 0 Å². The third kappa shape index (κ3) is 1.46. The van der Waals surface area contributed by atoms with E-state index in [1.54, 1.807) is 22.7 Å². The first-order valence-corrected chi connectivity index (χ1v) is 8.75. The Hall–Kier alpha value is -0.420. The summed E-state index contributed by atoms with van der Waals surface area (Å²) in [6, 6.07) is 8.90. The predicted molar refractivity (Wildman–Crippen MR) is 90.1 cm³/mol. The molecule has 0 saturated carbocycles. The molecule has 18 heavy (non-hydrogen) atoms. The second kappa shape index (κ2) is 4.04. The van der Waals surface area contributed by atoms with Crippen molar-refractivity contribution in [1.82, 2.24) is 0 Å². The Morgan fingerprint density at radius 3 is 1.56 bits per heavy atom. The lowest BCUT2D eigenvalue weighted by Gasteiger charge is -2.05. The number of hydrogen-bond donors (Lipinski definition) is 0. The van der Waals surface area contributed by atoms with Gasteiger partial charge in [-0.25, -0.2) is 0 Å². The van der Waals surface area contributed by atoms with E-state index in [4.69, 9.17) is 0 Å². The van der Waals surface area contributed by atoms with E-state index in [0.29, 0.717) is 0 Å². The van der Waals surface area contributed by atoms with Crippen LogP contribution in [0.3, 0.4) is 0 Å². The van der Waals surface area contributed by atoms with E-state index in [2.05, 4.69) is 66.9 Å². The standard InChI is InChI=1S/C14H6Br2S2/c15-11-6-10-8-2-4-18-14(8)12(16)5-9(10)7-1-3-17-13(7)11/h1-6H. The van der Waals surface area contributed by atoms with Crippen LogP contribution in [0.5, 0.6) is 0 Å². The van der Waals surface area contributed by atoms with Gasteiger partial charge in [0.15, 0.2) is 0 Å². The van der Waals surface area contributed by atoms with E-state index in [1.165, 1.54) is 39.9 Å². The van der Waals surface area contributed by atoms with Crippen molar-refractivity contribution in [2.45, 2.75) is 0 Å². The molecule has 2 heterocycles. The SMILES string of the molecule is Brc1cc2c3ccsc3c(Br)cc2c2ccsc12. The zero-order valence-electron chi connectivity index (χ0n) is 9.04. The smallest absolute Gasteiger partial charge is 0.0491 e. The molecule has 0 aliphatic rings. The average molecular weight is 398 g/mol. The van der Waals surface area contributed by atoms with E-state index in [-0.39, 0.29) is 0 Å². The summed E-state index contributed by atoms with van der Waals surface area (Å²) in [6.07, 6.45) is 0. The van der Waals surface area contributed by atoms with Gasteiger partial charge in [-0.05, 0) is 77.7 Å². The summed E-state index contributed by atoms with van der Waals surface area (Å²) >= 11 is 10.9. The largest absolute Gasteiger partial charge is 0.143 e. The van der Waals surface area contributed by atoms with Crippen LogP contribution in [0.25, 0.3) is 30.9 Å². The highest BCUT2D eigenvalue weighted by Crippen LogP contribution is 2.42. The number of thiophene rings is 2. The van der Waals surface area contributed by atoms with Gasteiger partial charge in [-0.15, -0.1) is 22.7 Å². The third-order valence-corrected chi connectivity index (χ3v) is 6.85. The summed E-state index contributed by atoms with van der Waals surface area (Å²) in [5, 5.41) is 9.62. The molecule has 2 aromatic carbocycles. The summed E-state index contributed by atoms with van der Waals surface area (Å²) < 4.78 is 5.03. The second-order valence-corrected chi connectivity index (χ2v) is 7.68. The summed E-state index contributed by atoms with van der Waals surface area (Å²) in [4.78, 5) is 0. The van der Waals surface area contributed by atoms with Gasteiger partial charge in [-0.3, -0.25) is 0 Å². The van der Waals surface area contributed by atoms with E-state index >= 15 is 0 Å². The number of hydrogen-bond acceptors (Lipinski definition) is 2. The fraction of sp³-hybridized carbons (Fsp3) is 0. The first kappa shape index (κ1) is 11.4. The summed E-state index contributed by atoms with van der Waals surface area (Å²) in [5.74, 6) is 0. The minimum Gasteiger partial charge on any atom is -0.143 e. The van der Waals surface area contributed by atoms with Crippen LogP contribution in [0.1, 0.15) is 0 Å². The molecule has 0 fully saturated rings. The first-order valence-electron chi connectivity index (χ1n) is 5.41. The van der Waals surface area contributed by atoms with Gasteiger partial charge in [-0.1, -0.05) is 0 Å². The molecule has 0 radical (unpaired) electrons. The van der Waals surface area contributed by atoms with Gasteiger partial charge < -0.3 is 0 Å². The molecule has 0 unspecified atom stereocenters. The lowest BCUT2D eigenvalue weighted by molar-refractivity contribution is 1.85. The maximum absolute atomic E-state index is 3.69.